The molecule has 0 heterocycles. The van der Waals surface area contributed by atoms with E-state index in [2.05, 4.69) is 5.32 Å². The number of terminal acetylenes is 1. The molecular formula is C13H19NO5S. The Bertz CT molecular complexity index is 501. The molecule has 0 rings (SSSR count). The van der Waals surface area contributed by atoms with Crippen molar-refractivity contribution in [2.24, 2.45) is 0 Å². The van der Waals surface area contributed by atoms with Gasteiger partial charge in [0.2, 0.25) is 0 Å². The first-order valence-corrected chi connectivity index (χ1v) is 7.92. The number of unbranched alkanes of at least 4 members (excludes halogenated alkanes) is 2. The van der Waals surface area contributed by atoms with Gasteiger partial charge in [-0.25, -0.2) is 8.42 Å². The van der Waals surface area contributed by atoms with E-state index in [4.69, 9.17) is 11.5 Å². The van der Waals surface area contributed by atoms with Gasteiger partial charge in [-0.05, 0) is 12.3 Å². The Balaban J connectivity index is 4.70. The van der Waals surface area contributed by atoms with Crippen LogP contribution < -0.4 is 5.32 Å². The number of carbonyl (C=O) groups is 2. The summed E-state index contributed by atoms with van der Waals surface area (Å²) in [5.74, 6) is -0.172. The predicted octanol–water partition coefficient (Wildman–Crippen LogP) is 0.698. The van der Waals surface area contributed by atoms with E-state index >= 15 is 0 Å². The summed E-state index contributed by atoms with van der Waals surface area (Å²) < 4.78 is 23.3. The average Bonchev–Trinajstić information content (AvgIpc) is 2.35. The molecule has 0 aromatic carbocycles. The quantitative estimate of drug-likeness (QED) is 0.482. The highest BCUT2D eigenvalue weighted by Gasteiger charge is 2.14. The monoisotopic (exact) mass is 301 g/mol. The molecule has 0 aliphatic heterocycles. The summed E-state index contributed by atoms with van der Waals surface area (Å²) in [6.45, 7) is 1.96. The van der Waals surface area contributed by atoms with Gasteiger partial charge in [-0.3, -0.25) is 9.59 Å². The van der Waals surface area contributed by atoms with Crippen LogP contribution in [0.2, 0.25) is 0 Å². The largest absolute Gasteiger partial charge is 0.481 e. The van der Waals surface area contributed by atoms with Crippen LogP contribution in [0.5, 0.6) is 0 Å². The summed E-state index contributed by atoms with van der Waals surface area (Å²) in [6, 6.07) is -0.947. The minimum atomic E-state index is -3.40. The summed E-state index contributed by atoms with van der Waals surface area (Å²) >= 11 is 0. The molecule has 112 valence electrons. The minimum absolute atomic E-state index is 0.000215. The third-order valence-corrected chi connectivity index (χ3v) is 3.82. The molecule has 0 unspecified atom stereocenters. The van der Waals surface area contributed by atoms with Crippen molar-refractivity contribution in [3.05, 3.63) is 11.5 Å². The van der Waals surface area contributed by atoms with Crippen LogP contribution in [-0.2, 0) is 19.4 Å². The molecule has 1 amide bonds. The fourth-order valence-corrected chi connectivity index (χ4v) is 2.57. The average molecular weight is 301 g/mol. The number of hydrogen-bond acceptors (Lipinski definition) is 4. The van der Waals surface area contributed by atoms with E-state index in [1.54, 1.807) is 5.92 Å². The molecule has 0 aliphatic carbocycles. The maximum absolute atomic E-state index is 11.7. The molecule has 0 aromatic heterocycles. The van der Waals surface area contributed by atoms with Crippen molar-refractivity contribution >= 4 is 21.7 Å². The predicted molar refractivity (Wildman–Crippen MR) is 75.5 cm³/mol. The van der Waals surface area contributed by atoms with Crippen molar-refractivity contribution in [1.82, 2.24) is 5.32 Å². The topological polar surface area (TPSA) is 101 Å². The highest BCUT2D eigenvalue weighted by Crippen LogP contribution is 2.04. The van der Waals surface area contributed by atoms with E-state index in [1.807, 2.05) is 6.92 Å². The lowest BCUT2D eigenvalue weighted by Crippen LogP contribution is -2.34. The molecule has 0 radical (unpaired) electrons. The van der Waals surface area contributed by atoms with Crippen molar-refractivity contribution in [1.29, 1.82) is 0 Å². The molecule has 0 bridgehead atoms. The highest BCUT2D eigenvalue weighted by molar-refractivity contribution is 7.94. The van der Waals surface area contributed by atoms with Gasteiger partial charge in [-0.1, -0.05) is 25.8 Å². The van der Waals surface area contributed by atoms with Crippen LogP contribution in [0.15, 0.2) is 11.5 Å². The summed E-state index contributed by atoms with van der Waals surface area (Å²) in [5.41, 5.74) is 0. The van der Waals surface area contributed by atoms with Crippen LogP contribution in [-0.4, -0.2) is 37.2 Å². The van der Waals surface area contributed by atoms with Gasteiger partial charge < -0.3 is 10.4 Å². The normalized spacial score (nSPS) is 12.8. The number of nitrogens with one attached hydrogen (secondary N) is 1. The van der Waals surface area contributed by atoms with E-state index < -0.39 is 34.2 Å². The maximum atomic E-state index is 11.7. The molecule has 20 heavy (non-hydrogen) atoms. The lowest BCUT2D eigenvalue weighted by Gasteiger charge is -2.10. The van der Waals surface area contributed by atoms with Gasteiger partial charge in [0, 0.05) is 5.41 Å². The van der Waals surface area contributed by atoms with Crippen LogP contribution in [0.25, 0.3) is 0 Å². The Hall–Kier alpha value is -1.81. The zero-order valence-corrected chi connectivity index (χ0v) is 12.1. The van der Waals surface area contributed by atoms with E-state index in [9.17, 15) is 18.0 Å². The smallest absolute Gasteiger partial charge is 0.305 e. The van der Waals surface area contributed by atoms with Gasteiger partial charge >= 0.3 is 5.97 Å². The van der Waals surface area contributed by atoms with E-state index in [-0.39, 0.29) is 5.75 Å². The summed E-state index contributed by atoms with van der Waals surface area (Å²) in [4.78, 5) is 21.6. The van der Waals surface area contributed by atoms with Gasteiger partial charge in [-0.2, -0.15) is 0 Å². The van der Waals surface area contributed by atoms with Gasteiger partial charge in [0.15, 0.2) is 9.84 Å². The van der Waals surface area contributed by atoms with Gasteiger partial charge in [0.05, 0.1) is 18.2 Å². The van der Waals surface area contributed by atoms with Crippen LogP contribution in [0, 0.1) is 12.3 Å². The number of sulfone groups is 1. The Morgan fingerprint density at radius 3 is 2.55 bits per heavy atom. The maximum Gasteiger partial charge on any atom is 0.305 e. The lowest BCUT2D eigenvalue weighted by molar-refractivity contribution is -0.137. The van der Waals surface area contributed by atoms with Crippen molar-refractivity contribution in [2.75, 3.05) is 5.75 Å². The number of amides is 1. The number of carbonyl (C=O) groups excluding carboxylic acids is 1. The Morgan fingerprint density at radius 2 is 2.05 bits per heavy atom. The summed E-state index contributed by atoms with van der Waals surface area (Å²) in [7, 11) is -3.40. The van der Waals surface area contributed by atoms with Crippen molar-refractivity contribution in [3.8, 4) is 12.3 Å². The first kappa shape index (κ1) is 18.2. The number of carboxylic acids is 1. The van der Waals surface area contributed by atoms with E-state index in [0.717, 1.165) is 24.3 Å². The van der Waals surface area contributed by atoms with Crippen LogP contribution in [0.3, 0.4) is 0 Å². The second-order valence-corrected chi connectivity index (χ2v) is 6.23. The van der Waals surface area contributed by atoms with Gasteiger partial charge in [-0.15, -0.1) is 6.42 Å². The van der Waals surface area contributed by atoms with E-state index in [1.165, 1.54) is 0 Å². The summed E-state index contributed by atoms with van der Waals surface area (Å²) in [6.07, 6.45) is 7.82. The molecule has 0 spiro atoms. The fourth-order valence-electron chi connectivity index (χ4n) is 1.40. The molecule has 0 aliphatic rings. The van der Waals surface area contributed by atoms with Crippen LogP contribution in [0.1, 0.15) is 32.6 Å². The molecule has 0 saturated heterocycles. The standard InChI is InChI=1S/C13H19NO5S/c1-3-5-6-8-20(18,19)9-7-11(10-13(16)17)14-12(15)4-2/h2,7,9,11H,3,5-6,8,10H2,1H3,(H,14,15)(H,16,17)/b9-7+/t11-/m1/s1. The van der Waals surface area contributed by atoms with Crippen LogP contribution in [0.4, 0.5) is 0 Å². The highest BCUT2D eigenvalue weighted by atomic mass is 32.2. The fraction of sp³-hybridized carbons (Fsp3) is 0.538. The Labute approximate surface area is 119 Å². The first-order chi connectivity index (χ1) is 9.30. The van der Waals surface area contributed by atoms with Crippen molar-refractivity contribution < 1.29 is 23.1 Å². The van der Waals surface area contributed by atoms with Gasteiger partial charge in [0.25, 0.3) is 5.91 Å². The van der Waals surface area contributed by atoms with Crippen molar-refractivity contribution in [2.45, 2.75) is 38.6 Å². The van der Waals surface area contributed by atoms with Crippen LogP contribution >= 0.6 is 0 Å². The molecule has 0 saturated carbocycles. The van der Waals surface area contributed by atoms with E-state index in [0.29, 0.717) is 6.42 Å². The van der Waals surface area contributed by atoms with Crippen molar-refractivity contribution in [3.63, 3.8) is 0 Å². The molecule has 1 atom stereocenters. The number of aliphatic carboxylic acids is 1. The number of carboxylic acid groups (broad SMARTS) is 1. The Morgan fingerprint density at radius 1 is 1.40 bits per heavy atom. The Kier molecular flexibility index (Phi) is 8.32. The zero-order chi connectivity index (χ0) is 15.6. The second kappa shape index (κ2) is 9.15. The molecule has 2 N–H and O–H groups in total. The second-order valence-electron chi connectivity index (χ2n) is 4.22. The third-order valence-electron chi connectivity index (χ3n) is 2.39. The SMILES string of the molecule is C#CC(=O)N[C@H](/C=C/S(=O)(=O)CCCCC)CC(=O)O. The molecular weight excluding hydrogens is 282 g/mol. The first-order valence-electron chi connectivity index (χ1n) is 6.20. The molecule has 7 heteroatoms. The lowest BCUT2D eigenvalue weighted by atomic mass is 10.2. The molecule has 0 fully saturated rings. The number of hydrogen-bond donors (Lipinski definition) is 2. The summed E-state index contributed by atoms with van der Waals surface area (Å²) in [5, 5.41) is 11.9. The molecule has 6 nitrogen and oxygen atoms in total. The third kappa shape index (κ3) is 9.16. The number of rotatable bonds is 9. The minimum Gasteiger partial charge on any atom is -0.481 e. The zero-order valence-electron chi connectivity index (χ0n) is 11.3. The van der Waals surface area contributed by atoms with Gasteiger partial charge in [0.1, 0.15) is 0 Å². The molecule has 0 aromatic rings.